The minimum atomic E-state index is -0.153. The van der Waals surface area contributed by atoms with Crippen LogP contribution in [-0.4, -0.2) is 52.4 Å². The third-order valence-corrected chi connectivity index (χ3v) is 5.35. The lowest BCUT2D eigenvalue weighted by Gasteiger charge is -2.32. The van der Waals surface area contributed by atoms with Gasteiger partial charge in [0.25, 0.3) is 5.91 Å². The van der Waals surface area contributed by atoms with Crippen LogP contribution in [0.3, 0.4) is 0 Å². The lowest BCUT2D eigenvalue weighted by molar-refractivity contribution is -0.133. The van der Waals surface area contributed by atoms with E-state index in [0.717, 1.165) is 12.1 Å². The highest BCUT2D eigenvalue weighted by molar-refractivity contribution is 5.97. The molecule has 6 heteroatoms. The van der Waals surface area contributed by atoms with E-state index in [1.807, 2.05) is 48.7 Å². The van der Waals surface area contributed by atoms with E-state index in [-0.39, 0.29) is 24.4 Å². The fraction of sp³-hybridized carbons (Fsp3) is 0.500. The van der Waals surface area contributed by atoms with Crippen molar-refractivity contribution in [3.63, 3.8) is 0 Å². The van der Waals surface area contributed by atoms with Crippen LogP contribution in [0, 0.1) is 5.92 Å². The molecule has 0 saturated heterocycles. The first-order valence-electron chi connectivity index (χ1n) is 10.6. The summed E-state index contributed by atoms with van der Waals surface area (Å²) in [5.41, 5.74) is 1.60. The molecule has 0 spiro atoms. The summed E-state index contributed by atoms with van der Waals surface area (Å²) in [6, 6.07) is 11.0. The highest BCUT2D eigenvalue weighted by Crippen LogP contribution is 2.18. The minimum absolute atomic E-state index is 0.0403. The second-order valence-corrected chi connectivity index (χ2v) is 8.20. The summed E-state index contributed by atoms with van der Waals surface area (Å²) in [4.78, 5) is 30.1. The van der Waals surface area contributed by atoms with Gasteiger partial charge in [-0.25, -0.2) is 0 Å². The average Bonchev–Trinajstić information content (AvgIpc) is 3.14. The van der Waals surface area contributed by atoms with Crippen molar-refractivity contribution in [2.75, 3.05) is 20.2 Å². The molecule has 1 heterocycles. The third kappa shape index (κ3) is 6.12. The zero-order chi connectivity index (χ0) is 22.3. The van der Waals surface area contributed by atoms with Crippen molar-refractivity contribution < 1.29 is 14.3 Å². The van der Waals surface area contributed by atoms with E-state index in [4.69, 9.17) is 4.74 Å². The molecule has 0 bridgehead atoms. The van der Waals surface area contributed by atoms with E-state index in [1.165, 1.54) is 0 Å². The van der Waals surface area contributed by atoms with Crippen molar-refractivity contribution in [1.82, 2.24) is 14.4 Å². The Kier molecular flexibility index (Phi) is 8.51. The predicted octanol–water partition coefficient (Wildman–Crippen LogP) is 3.96. The van der Waals surface area contributed by atoms with E-state index in [2.05, 4.69) is 13.8 Å². The second kappa shape index (κ2) is 10.9. The first-order chi connectivity index (χ1) is 14.3. The zero-order valence-corrected chi connectivity index (χ0v) is 19.1. The summed E-state index contributed by atoms with van der Waals surface area (Å²) < 4.78 is 7.28. The van der Waals surface area contributed by atoms with Crippen LogP contribution < -0.4 is 4.74 Å². The Morgan fingerprint density at radius 3 is 2.43 bits per heavy atom. The van der Waals surface area contributed by atoms with Crippen molar-refractivity contribution in [1.29, 1.82) is 0 Å². The number of hydrogen-bond acceptors (Lipinski definition) is 3. The smallest absolute Gasteiger partial charge is 0.254 e. The summed E-state index contributed by atoms with van der Waals surface area (Å²) in [6.07, 6.45) is 2.75. The molecule has 0 unspecified atom stereocenters. The van der Waals surface area contributed by atoms with Crippen molar-refractivity contribution in [3.05, 3.63) is 53.9 Å². The van der Waals surface area contributed by atoms with Gasteiger partial charge in [-0.05, 0) is 49.6 Å². The summed E-state index contributed by atoms with van der Waals surface area (Å²) in [6.45, 7) is 9.43. The quantitative estimate of drug-likeness (QED) is 0.592. The second-order valence-electron chi connectivity index (χ2n) is 8.20. The van der Waals surface area contributed by atoms with Gasteiger partial charge in [-0.1, -0.05) is 26.8 Å². The standard InChI is InChI=1S/C24H35N3O3/c1-7-19(4)27(24(29)20-10-8-12-22(14-20)30-6)17-23(28)26(15-18(2)3)16-21-11-9-13-25(21)5/h8-14,18-19H,7,15-17H2,1-6H3/t19-/m0/s1. The molecule has 1 atom stereocenters. The molecule has 6 nitrogen and oxygen atoms in total. The molecule has 1 aromatic heterocycles. The largest absolute Gasteiger partial charge is 0.497 e. The molecule has 0 aliphatic rings. The number of ether oxygens (including phenoxy) is 1. The number of hydrogen-bond donors (Lipinski definition) is 0. The molecule has 30 heavy (non-hydrogen) atoms. The van der Waals surface area contributed by atoms with Crippen LogP contribution in [0.2, 0.25) is 0 Å². The van der Waals surface area contributed by atoms with Crippen LogP contribution in [0.1, 0.15) is 50.2 Å². The summed E-state index contributed by atoms with van der Waals surface area (Å²) in [5.74, 6) is 0.767. The number of benzene rings is 1. The fourth-order valence-corrected chi connectivity index (χ4v) is 3.37. The van der Waals surface area contributed by atoms with E-state index < -0.39 is 0 Å². The number of carbonyl (C=O) groups excluding carboxylic acids is 2. The Morgan fingerprint density at radius 2 is 1.87 bits per heavy atom. The van der Waals surface area contributed by atoms with Crippen LogP contribution in [0.4, 0.5) is 0 Å². The Bertz CT molecular complexity index is 844. The molecule has 0 saturated carbocycles. The van der Waals surface area contributed by atoms with Crippen molar-refractivity contribution in [2.24, 2.45) is 13.0 Å². The Morgan fingerprint density at radius 1 is 1.13 bits per heavy atom. The first-order valence-corrected chi connectivity index (χ1v) is 10.6. The van der Waals surface area contributed by atoms with Gasteiger partial charge >= 0.3 is 0 Å². The summed E-state index contributed by atoms with van der Waals surface area (Å²) in [7, 11) is 3.55. The maximum Gasteiger partial charge on any atom is 0.254 e. The van der Waals surface area contributed by atoms with Crippen molar-refractivity contribution in [3.8, 4) is 5.75 Å². The van der Waals surface area contributed by atoms with Gasteiger partial charge in [-0.2, -0.15) is 0 Å². The van der Waals surface area contributed by atoms with Gasteiger partial charge in [0, 0.05) is 37.1 Å². The molecular weight excluding hydrogens is 378 g/mol. The van der Waals surface area contributed by atoms with Gasteiger partial charge in [0.1, 0.15) is 12.3 Å². The molecule has 0 aliphatic heterocycles. The van der Waals surface area contributed by atoms with Crippen LogP contribution in [0.5, 0.6) is 5.75 Å². The molecule has 0 radical (unpaired) electrons. The summed E-state index contributed by atoms with van der Waals surface area (Å²) >= 11 is 0. The van der Waals surface area contributed by atoms with Gasteiger partial charge in [-0.3, -0.25) is 9.59 Å². The molecule has 0 aliphatic carbocycles. The highest BCUT2D eigenvalue weighted by Gasteiger charge is 2.26. The van der Waals surface area contributed by atoms with Crippen molar-refractivity contribution >= 4 is 11.8 Å². The molecule has 2 rings (SSSR count). The van der Waals surface area contributed by atoms with Gasteiger partial charge in [0.2, 0.25) is 5.91 Å². The van der Waals surface area contributed by atoms with E-state index in [0.29, 0.717) is 30.3 Å². The van der Waals surface area contributed by atoms with E-state index in [1.54, 1.807) is 36.3 Å². The lowest BCUT2D eigenvalue weighted by atomic mass is 10.1. The maximum absolute atomic E-state index is 13.3. The Balaban J connectivity index is 2.24. The van der Waals surface area contributed by atoms with Crippen LogP contribution >= 0.6 is 0 Å². The maximum atomic E-state index is 13.3. The van der Waals surface area contributed by atoms with E-state index >= 15 is 0 Å². The van der Waals surface area contributed by atoms with Crippen LogP contribution in [0.15, 0.2) is 42.6 Å². The van der Waals surface area contributed by atoms with Gasteiger partial charge in [0.05, 0.1) is 13.7 Å². The van der Waals surface area contributed by atoms with Gasteiger partial charge < -0.3 is 19.1 Å². The third-order valence-electron chi connectivity index (χ3n) is 5.35. The molecule has 1 aromatic carbocycles. The monoisotopic (exact) mass is 413 g/mol. The van der Waals surface area contributed by atoms with Gasteiger partial charge in [0.15, 0.2) is 0 Å². The number of aryl methyl sites for hydroxylation is 1. The molecule has 164 valence electrons. The van der Waals surface area contributed by atoms with Crippen molar-refractivity contribution in [2.45, 2.75) is 46.7 Å². The number of aromatic nitrogens is 1. The predicted molar refractivity (Wildman–Crippen MR) is 119 cm³/mol. The minimum Gasteiger partial charge on any atom is -0.497 e. The topological polar surface area (TPSA) is 54.8 Å². The number of carbonyl (C=O) groups is 2. The average molecular weight is 414 g/mol. The Hall–Kier alpha value is -2.76. The van der Waals surface area contributed by atoms with E-state index in [9.17, 15) is 9.59 Å². The highest BCUT2D eigenvalue weighted by atomic mass is 16.5. The molecule has 2 amide bonds. The van der Waals surface area contributed by atoms with Crippen LogP contribution in [0.25, 0.3) is 0 Å². The molecule has 2 aromatic rings. The number of methoxy groups -OCH3 is 1. The number of amides is 2. The molecular formula is C24H35N3O3. The Labute approximate surface area is 180 Å². The fourth-order valence-electron chi connectivity index (χ4n) is 3.37. The zero-order valence-electron chi connectivity index (χ0n) is 19.1. The SMILES string of the molecule is CC[C@H](C)N(CC(=O)N(Cc1cccn1C)CC(C)C)C(=O)c1cccc(OC)c1. The van der Waals surface area contributed by atoms with Crippen LogP contribution in [-0.2, 0) is 18.4 Å². The molecule has 0 N–H and O–H groups in total. The first kappa shape index (κ1) is 23.5. The normalized spacial score (nSPS) is 12.0. The summed E-state index contributed by atoms with van der Waals surface area (Å²) in [5, 5.41) is 0. The lowest BCUT2D eigenvalue weighted by Crippen LogP contribution is -2.47. The number of rotatable bonds is 10. The molecule has 0 fully saturated rings. The number of nitrogens with zero attached hydrogens (tertiary/aromatic N) is 3. The van der Waals surface area contributed by atoms with Gasteiger partial charge in [-0.15, -0.1) is 0 Å².